The normalized spacial score (nSPS) is 25.8. The summed E-state index contributed by atoms with van der Waals surface area (Å²) in [4.78, 5) is 13.8. The van der Waals surface area contributed by atoms with E-state index in [0.717, 1.165) is 12.3 Å². The predicted molar refractivity (Wildman–Crippen MR) is 105 cm³/mol. The number of rotatable bonds is 3. The summed E-state index contributed by atoms with van der Waals surface area (Å²) in [6.07, 6.45) is 3.91. The molecule has 0 N–H and O–H groups in total. The lowest BCUT2D eigenvalue weighted by Gasteiger charge is -2.40. The van der Waals surface area contributed by atoms with Crippen molar-refractivity contribution in [1.82, 2.24) is 4.90 Å². The van der Waals surface area contributed by atoms with Gasteiger partial charge in [-0.3, -0.25) is 0 Å². The Kier molecular flexibility index (Phi) is 8.15. The van der Waals surface area contributed by atoms with Crippen LogP contribution in [0.25, 0.3) is 0 Å². The van der Waals surface area contributed by atoms with Crippen LogP contribution in [0, 0.1) is 11.8 Å². The van der Waals surface area contributed by atoms with E-state index in [1.54, 1.807) is 4.90 Å². The highest BCUT2D eigenvalue weighted by Gasteiger charge is 2.46. The minimum Gasteiger partial charge on any atom is -0.444 e. The van der Waals surface area contributed by atoms with Crippen LogP contribution in [0.15, 0.2) is 12.7 Å². The third-order valence-corrected chi connectivity index (χ3v) is 4.39. The first-order valence-electron chi connectivity index (χ1n) is 9.78. The number of ether oxygens (including phenoxy) is 3. The van der Waals surface area contributed by atoms with E-state index in [2.05, 4.69) is 27.4 Å². The van der Waals surface area contributed by atoms with Gasteiger partial charge in [-0.05, 0) is 59.3 Å². The van der Waals surface area contributed by atoms with Gasteiger partial charge < -0.3 is 19.1 Å². The molecule has 2 heterocycles. The highest BCUT2D eigenvalue weighted by Crippen LogP contribution is 2.32. The molecule has 0 aliphatic carbocycles. The second-order valence-electron chi connectivity index (χ2n) is 9.24. The third-order valence-electron chi connectivity index (χ3n) is 4.39. The smallest absolute Gasteiger partial charge is 0.410 e. The molecule has 2 aliphatic heterocycles. The average Bonchev–Trinajstić information content (AvgIpc) is 2.86. The highest BCUT2D eigenvalue weighted by molar-refractivity contribution is 5.69. The molecule has 1 amide bonds. The fourth-order valence-electron chi connectivity index (χ4n) is 3.23. The molecule has 5 heteroatoms. The Labute approximate surface area is 160 Å². The molecule has 0 radical (unpaired) electrons. The van der Waals surface area contributed by atoms with Crippen molar-refractivity contribution < 1.29 is 19.0 Å². The van der Waals surface area contributed by atoms with Crippen LogP contribution in [-0.4, -0.2) is 47.7 Å². The first-order chi connectivity index (χ1) is 11.8. The van der Waals surface area contributed by atoms with Gasteiger partial charge in [0.15, 0.2) is 5.79 Å². The van der Waals surface area contributed by atoms with Crippen LogP contribution in [-0.2, 0) is 14.2 Å². The summed E-state index contributed by atoms with van der Waals surface area (Å²) in [6.45, 7) is 21.0. The van der Waals surface area contributed by atoms with E-state index in [1.165, 1.54) is 6.42 Å². The second-order valence-corrected chi connectivity index (χ2v) is 9.24. The van der Waals surface area contributed by atoms with Crippen molar-refractivity contribution in [3.05, 3.63) is 12.7 Å². The van der Waals surface area contributed by atoms with Gasteiger partial charge in [0.25, 0.3) is 0 Å². The molecule has 0 aromatic rings. The molecule has 3 atom stereocenters. The summed E-state index contributed by atoms with van der Waals surface area (Å²) < 4.78 is 16.9. The van der Waals surface area contributed by atoms with Crippen LogP contribution >= 0.6 is 0 Å². The molecule has 2 rings (SSSR count). The van der Waals surface area contributed by atoms with Crippen LogP contribution in [0.2, 0.25) is 0 Å². The molecule has 3 unspecified atom stereocenters. The van der Waals surface area contributed by atoms with Crippen molar-refractivity contribution in [3.8, 4) is 0 Å². The Bertz CT molecular complexity index is 467. The number of carbonyl (C=O) groups is 1. The van der Waals surface area contributed by atoms with Crippen LogP contribution in [0.5, 0.6) is 0 Å². The van der Waals surface area contributed by atoms with Crippen molar-refractivity contribution in [2.75, 3.05) is 13.2 Å². The Hall–Kier alpha value is -1.07. The van der Waals surface area contributed by atoms with Crippen LogP contribution in [0.1, 0.15) is 68.2 Å². The molecule has 0 aromatic carbocycles. The molecule has 0 saturated carbocycles. The van der Waals surface area contributed by atoms with Gasteiger partial charge in [0.05, 0.1) is 18.8 Å². The highest BCUT2D eigenvalue weighted by atomic mass is 16.7. The topological polar surface area (TPSA) is 48.0 Å². The molecule has 2 aliphatic rings. The number of nitrogens with zero attached hydrogens (tertiary/aromatic N) is 1. The summed E-state index contributed by atoms with van der Waals surface area (Å²) in [6, 6.07) is -0.0205. The largest absolute Gasteiger partial charge is 0.444 e. The SMILES string of the molecule is C=CC(C)CC(C)C.CC(C)(C)OC(=O)N1CCC2OC(C)(C)OCC21. The van der Waals surface area contributed by atoms with E-state index >= 15 is 0 Å². The minimum absolute atomic E-state index is 0.0205. The van der Waals surface area contributed by atoms with Crippen molar-refractivity contribution in [3.63, 3.8) is 0 Å². The van der Waals surface area contributed by atoms with E-state index in [0.29, 0.717) is 19.1 Å². The number of allylic oxidation sites excluding steroid dienone is 1. The van der Waals surface area contributed by atoms with E-state index in [9.17, 15) is 4.79 Å². The Morgan fingerprint density at radius 3 is 2.42 bits per heavy atom. The zero-order valence-electron chi connectivity index (χ0n) is 18.0. The summed E-state index contributed by atoms with van der Waals surface area (Å²) in [5.41, 5.74) is -0.467. The third kappa shape index (κ3) is 7.67. The maximum Gasteiger partial charge on any atom is 0.410 e. The molecule has 5 nitrogen and oxygen atoms in total. The van der Waals surface area contributed by atoms with E-state index in [-0.39, 0.29) is 18.2 Å². The van der Waals surface area contributed by atoms with E-state index < -0.39 is 11.4 Å². The lowest BCUT2D eigenvalue weighted by molar-refractivity contribution is -0.281. The number of carbonyl (C=O) groups excluding carboxylic acids is 1. The Balaban J connectivity index is 0.000000359. The molecule has 2 saturated heterocycles. The molecule has 26 heavy (non-hydrogen) atoms. The van der Waals surface area contributed by atoms with Crippen LogP contribution < -0.4 is 0 Å². The molecule has 152 valence electrons. The number of fused-ring (bicyclic) bond motifs is 1. The van der Waals surface area contributed by atoms with Gasteiger partial charge in [-0.1, -0.05) is 26.8 Å². The number of likely N-dealkylation sites (tertiary alicyclic amines) is 1. The van der Waals surface area contributed by atoms with Gasteiger partial charge in [-0.15, -0.1) is 6.58 Å². The van der Waals surface area contributed by atoms with Gasteiger partial charge >= 0.3 is 6.09 Å². The quantitative estimate of drug-likeness (QED) is 0.657. The average molecular weight is 370 g/mol. The predicted octanol–water partition coefficient (Wildman–Crippen LogP) is 5.00. The first kappa shape index (κ1) is 23.0. The van der Waals surface area contributed by atoms with Crippen LogP contribution in [0.4, 0.5) is 4.79 Å². The monoisotopic (exact) mass is 369 g/mol. The Morgan fingerprint density at radius 1 is 1.35 bits per heavy atom. The Morgan fingerprint density at radius 2 is 1.96 bits per heavy atom. The van der Waals surface area contributed by atoms with Gasteiger partial charge in [0.2, 0.25) is 0 Å². The maximum absolute atomic E-state index is 12.1. The van der Waals surface area contributed by atoms with E-state index in [1.807, 2.05) is 40.7 Å². The van der Waals surface area contributed by atoms with Gasteiger partial charge in [0, 0.05) is 6.54 Å². The molecule has 0 spiro atoms. The molecular formula is C21H39NO4. The van der Waals surface area contributed by atoms with E-state index in [4.69, 9.17) is 14.2 Å². The first-order valence-corrected chi connectivity index (χ1v) is 9.78. The zero-order chi connectivity index (χ0) is 20.1. The van der Waals surface area contributed by atoms with Gasteiger partial charge in [-0.2, -0.15) is 0 Å². The fraction of sp³-hybridized carbons (Fsp3) is 0.857. The van der Waals surface area contributed by atoms with Crippen molar-refractivity contribution in [1.29, 1.82) is 0 Å². The number of hydrogen-bond donors (Lipinski definition) is 0. The summed E-state index contributed by atoms with van der Waals surface area (Å²) in [5.74, 6) is 0.948. The van der Waals surface area contributed by atoms with Crippen molar-refractivity contribution in [2.45, 2.75) is 91.8 Å². The minimum atomic E-state index is -0.550. The lowest BCUT2D eigenvalue weighted by atomic mass is 9.99. The lowest BCUT2D eigenvalue weighted by Crippen LogP contribution is -2.52. The fourth-order valence-corrected chi connectivity index (χ4v) is 3.23. The van der Waals surface area contributed by atoms with Crippen molar-refractivity contribution >= 4 is 6.09 Å². The maximum atomic E-state index is 12.1. The molecule has 0 bridgehead atoms. The molecule has 0 aromatic heterocycles. The standard InChI is InChI=1S/C13H23NO4.C8H16/c1-12(2,3)18-11(15)14-7-6-10-9(14)8-16-13(4,5)17-10;1-5-8(4)6-7(2)3/h9-10H,6-8H2,1-5H3;5,7-8H,1,6H2,2-4H3. The summed E-state index contributed by atoms with van der Waals surface area (Å²) in [7, 11) is 0. The summed E-state index contributed by atoms with van der Waals surface area (Å²) >= 11 is 0. The second kappa shape index (κ2) is 9.23. The van der Waals surface area contributed by atoms with Gasteiger partial charge in [-0.25, -0.2) is 4.79 Å². The molecular weight excluding hydrogens is 330 g/mol. The number of amides is 1. The number of hydrogen-bond acceptors (Lipinski definition) is 4. The molecule has 2 fully saturated rings. The van der Waals surface area contributed by atoms with Crippen molar-refractivity contribution in [2.24, 2.45) is 11.8 Å². The van der Waals surface area contributed by atoms with Crippen LogP contribution in [0.3, 0.4) is 0 Å². The zero-order valence-corrected chi connectivity index (χ0v) is 18.0. The summed E-state index contributed by atoms with van der Waals surface area (Å²) in [5, 5.41) is 0. The van der Waals surface area contributed by atoms with Gasteiger partial charge in [0.1, 0.15) is 5.60 Å².